The van der Waals surface area contributed by atoms with Gasteiger partial charge >= 0.3 is 6.18 Å². The lowest BCUT2D eigenvalue weighted by Gasteiger charge is -2.09. The highest BCUT2D eigenvalue weighted by atomic mass is 79.9. The molecular formula is C15H10BrF3N5. The van der Waals surface area contributed by atoms with Crippen LogP contribution in [0, 0.1) is 13.0 Å². The smallest absolute Gasteiger partial charge is 0.324 e. The molecule has 0 aliphatic carbocycles. The largest absolute Gasteiger partial charge is 0.435 e. The van der Waals surface area contributed by atoms with Crippen LogP contribution in [0.4, 0.5) is 24.8 Å². The van der Waals surface area contributed by atoms with Gasteiger partial charge in [0.05, 0.1) is 4.47 Å². The van der Waals surface area contributed by atoms with Gasteiger partial charge in [-0.05, 0) is 47.1 Å². The maximum atomic E-state index is 12.8. The van der Waals surface area contributed by atoms with E-state index in [-0.39, 0.29) is 11.8 Å². The Morgan fingerprint density at radius 1 is 1.33 bits per heavy atom. The minimum atomic E-state index is -4.52. The van der Waals surface area contributed by atoms with Gasteiger partial charge < -0.3 is 5.32 Å². The zero-order valence-electron chi connectivity index (χ0n) is 12.3. The molecule has 2 aromatic heterocycles. The van der Waals surface area contributed by atoms with Gasteiger partial charge in [0.1, 0.15) is 0 Å². The third-order valence-electron chi connectivity index (χ3n) is 3.07. The number of benzene rings is 1. The second kappa shape index (κ2) is 6.23. The summed E-state index contributed by atoms with van der Waals surface area (Å²) in [7, 11) is 0. The summed E-state index contributed by atoms with van der Waals surface area (Å²) >= 11 is 3.25. The Bertz CT molecular complexity index is 861. The minimum Gasteiger partial charge on any atom is -0.324 e. The molecule has 5 nitrogen and oxygen atoms in total. The van der Waals surface area contributed by atoms with Crippen molar-refractivity contribution < 1.29 is 13.2 Å². The van der Waals surface area contributed by atoms with Gasteiger partial charge in [-0.3, -0.25) is 0 Å². The average Bonchev–Trinajstić information content (AvgIpc) is 2.92. The lowest BCUT2D eigenvalue weighted by Crippen LogP contribution is -2.10. The van der Waals surface area contributed by atoms with Gasteiger partial charge in [-0.25, -0.2) is 9.67 Å². The normalized spacial score (nSPS) is 11.5. The molecule has 3 aromatic rings. The molecule has 0 unspecified atom stereocenters. The second-order valence-corrected chi connectivity index (χ2v) is 5.72. The van der Waals surface area contributed by atoms with Crippen molar-refractivity contribution in [2.45, 2.75) is 13.1 Å². The van der Waals surface area contributed by atoms with E-state index in [1.165, 1.54) is 13.1 Å². The van der Waals surface area contributed by atoms with Crippen LogP contribution in [-0.2, 0) is 6.18 Å². The van der Waals surface area contributed by atoms with Crippen molar-refractivity contribution in [1.82, 2.24) is 19.7 Å². The SMILES string of the molecule is Cc1cc(C(F)(F)F)nn1-c1nc(Nc2c[c]ccc2)ncc1Br. The Morgan fingerprint density at radius 2 is 2.12 bits per heavy atom. The standard InChI is InChI=1S/C15H10BrF3N5/c1-9-7-12(15(17,18)19)23-24(9)13-11(16)8-20-14(22-13)21-10-5-3-2-4-6-10/h2-3,5-8H,1H3,(H,20,21,22). The first-order valence-corrected chi connectivity index (χ1v) is 7.54. The summed E-state index contributed by atoms with van der Waals surface area (Å²) in [5.41, 5.74) is 0.0392. The molecule has 0 saturated carbocycles. The molecule has 2 heterocycles. The monoisotopic (exact) mass is 396 g/mol. The van der Waals surface area contributed by atoms with Crippen LogP contribution in [0.3, 0.4) is 0 Å². The summed E-state index contributed by atoms with van der Waals surface area (Å²) in [6, 6.07) is 10.9. The van der Waals surface area contributed by atoms with Gasteiger partial charge in [-0.2, -0.15) is 23.3 Å². The van der Waals surface area contributed by atoms with Gasteiger partial charge in [0.2, 0.25) is 5.95 Å². The first kappa shape index (κ1) is 16.4. The van der Waals surface area contributed by atoms with Gasteiger partial charge in [-0.1, -0.05) is 12.1 Å². The van der Waals surface area contributed by atoms with Gasteiger partial charge in [0.15, 0.2) is 11.5 Å². The fourth-order valence-electron chi connectivity index (χ4n) is 1.99. The van der Waals surface area contributed by atoms with E-state index in [9.17, 15) is 13.2 Å². The number of aryl methyl sites for hydroxylation is 1. The summed E-state index contributed by atoms with van der Waals surface area (Å²) in [5.74, 6) is 0.441. The molecule has 3 rings (SSSR count). The van der Waals surface area contributed by atoms with Gasteiger partial charge in [0.25, 0.3) is 0 Å². The van der Waals surface area contributed by atoms with E-state index in [1.54, 1.807) is 24.3 Å². The van der Waals surface area contributed by atoms with Crippen molar-refractivity contribution >= 4 is 27.6 Å². The molecular weight excluding hydrogens is 387 g/mol. The number of anilines is 2. The summed E-state index contributed by atoms with van der Waals surface area (Å²) in [6.07, 6.45) is -3.07. The van der Waals surface area contributed by atoms with Crippen molar-refractivity contribution in [3.63, 3.8) is 0 Å². The van der Waals surface area contributed by atoms with Crippen LogP contribution in [0.5, 0.6) is 0 Å². The molecule has 0 atom stereocenters. The lowest BCUT2D eigenvalue weighted by atomic mass is 10.3. The Labute approximate surface area is 143 Å². The number of nitrogens with zero attached hydrogens (tertiary/aromatic N) is 4. The Hall–Kier alpha value is -2.42. The highest BCUT2D eigenvalue weighted by Gasteiger charge is 2.34. The van der Waals surface area contributed by atoms with Crippen LogP contribution in [0.2, 0.25) is 0 Å². The molecule has 24 heavy (non-hydrogen) atoms. The second-order valence-electron chi connectivity index (χ2n) is 4.86. The zero-order chi connectivity index (χ0) is 17.3. The number of aromatic nitrogens is 4. The van der Waals surface area contributed by atoms with Crippen LogP contribution < -0.4 is 5.32 Å². The number of halogens is 4. The van der Waals surface area contributed by atoms with E-state index < -0.39 is 11.9 Å². The molecule has 0 saturated heterocycles. The maximum Gasteiger partial charge on any atom is 0.435 e. The Balaban J connectivity index is 1.99. The fraction of sp³-hybridized carbons (Fsp3) is 0.133. The van der Waals surface area contributed by atoms with Crippen molar-refractivity contribution in [3.8, 4) is 5.82 Å². The van der Waals surface area contributed by atoms with Crippen LogP contribution >= 0.6 is 15.9 Å². The van der Waals surface area contributed by atoms with Crippen molar-refractivity contribution in [2.75, 3.05) is 5.32 Å². The van der Waals surface area contributed by atoms with Crippen LogP contribution in [-0.4, -0.2) is 19.7 Å². The van der Waals surface area contributed by atoms with Gasteiger partial charge in [-0.15, -0.1) is 0 Å². The molecule has 123 valence electrons. The summed E-state index contributed by atoms with van der Waals surface area (Å²) in [6.45, 7) is 1.52. The average molecular weight is 397 g/mol. The number of rotatable bonds is 3. The molecule has 0 aliphatic rings. The van der Waals surface area contributed by atoms with E-state index in [2.05, 4.69) is 42.4 Å². The fourth-order valence-corrected chi connectivity index (χ4v) is 2.35. The zero-order valence-corrected chi connectivity index (χ0v) is 13.9. The molecule has 1 aromatic carbocycles. The molecule has 0 bridgehead atoms. The summed E-state index contributed by atoms with van der Waals surface area (Å²) in [4.78, 5) is 8.34. The molecule has 0 aliphatic heterocycles. The van der Waals surface area contributed by atoms with E-state index in [0.29, 0.717) is 15.9 Å². The van der Waals surface area contributed by atoms with Gasteiger partial charge in [0, 0.05) is 17.6 Å². The minimum absolute atomic E-state index is 0.209. The number of alkyl halides is 3. The number of hydrogen-bond acceptors (Lipinski definition) is 4. The summed E-state index contributed by atoms with van der Waals surface area (Å²) < 4.78 is 40.0. The highest BCUT2D eigenvalue weighted by molar-refractivity contribution is 9.10. The number of hydrogen-bond donors (Lipinski definition) is 1. The Morgan fingerprint density at radius 3 is 2.75 bits per heavy atom. The first-order valence-electron chi connectivity index (χ1n) is 6.74. The van der Waals surface area contributed by atoms with Crippen LogP contribution in [0.1, 0.15) is 11.4 Å². The molecule has 0 amide bonds. The van der Waals surface area contributed by atoms with Crippen molar-refractivity contribution in [1.29, 1.82) is 0 Å². The third-order valence-corrected chi connectivity index (χ3v) is 3.63. The third kappa shape index (κ3) is 3.40. The topological polar surface area (TPSA) is 55.6 Å². The van der Waals surface area contributed by atoms with Crippen LogP contribution in [0.15, 0.2) is 41.0 Å². The Kier molecular flexibility index (Phi) is 4.27. The molecule has 1 N–H and O–H groups in total. The van der Waals surface area contributed by atoms with Crippen molar-refractivity contribution in [3.05, 3.63) is 58.5 Å². The van der Waals surface area contributed by atoms with Crippen LogP contribution in [0.25, 0.3) is 5.82 Å². The molecule has 1 radical (unpaired) electrons. The van der Waals surface area contributed by atoms with E-state index in [1.807, 2.05) is 0 Å². The summed E-state index contributed by atoms with van der Waals surface area (Å²) in [5, 5.41) is 6.56. The molecule has 9 heteroatoms. The van der Waals surface area contributed by atoms with E-state index in [0.717, 1.165) is 10.7 Å². The van der Waals surface area contributed by atoms with E-state index >= 15 is 0 Å². The van der Waals surface area contributed by atoms with E-state index in [4.69, 9.17) is 0 Å². The first-order chi connectivity index (χ1) is 11.3. The predicted molar refractivity (Wildman–Crippen MR) is 85.2 cm³/mol. The lowest BCUT2D eigenvalue weighted by molar-refractivity contribution is -0.141. The maximum absolute atomic E-state index is 12.8. The quantitative estimate of drug-likeness (QED) is 0.717. The highest BCUT2D eigenvalue weighted by Crippen LogP contribution is 2.30. The molecule has 0 spiro atoms. The van der Waals surface area contributed by atoms with Crippen molar-refractivity contribution in [2.24, 2.45) is 0 Å². The molecule has 0 fully saturated rings. The number of nitrogens with one attached hydrogen (secondary N) is 1. The predicted octanol–water partition coefficient (Wildman–Crippen LogP) is 4.30.